The summed E-state index contributed by atoms with van der Waals surface area (Å²) in [6.07, 6.45) is 5.53. The van der Waals surface area contributed by atoms with Crippen LogP contribution in [0.5, 0.6) is 0 Å². The van der Waals surface area contributed by atoms with Crippen LogP contribution in [0, 0.1) is 0 Å². The fourth-order valence-electron chi connectivity index (χ4n) is 1.98. The highest BCUT2D eigenvalue weighted by Crippen LogP contribution is 2.27. The van der Waals surface area contributed by atoms with E-state index in [9.17, 15) is 4.79 Å². The van der Waals surface area contributed by atoms with Crippen molar-refractivity contribution >= 4 is 12.1 Å². The average Bonchev–Trinajstić information content (AvgIpc) is 2.19. The second kappa shape index (κ2) is 3.60. The van der Waals surface area contributed by atoms with E-state index in [1.54, 1.807) is 0 Å². The monoisotopic (exact) mass is 175 g/mol. The molecular formula is C11H13NO. The van der Waals surface area contributed by atoms with Crippen LogP contribution in [0.25, 0.3) is 0 Å². The number of nitrogens with one attached hydrogen (secondary N) is 1. The van der Waals surface area contributed by atoms with Crippen molar-refractivity contribution in [2.24, 2.45) is 0 Å². The molecule has 0 atom stereocenters. The molecule has 2 rings (SSSR count). The standard InChI is InChI=1S/C11H13NO/c13-8-12-11-7-3-5-9-4-1-2-6-10(9)11/h3,5,7-8H,1-2,4,6H2,(H,12,13). The molecule has 1 N–H and O–H groups in total. The van der Waals surface area contributed by atoms with Crippen LogP contribution in [0.4, 0.5) is 5.69 Å². The van der Waals surface area contributed by atoms with Crippen LogP contribution in [-0.2, 0) is 17.6 Å². The first kappa shape index (κ1) is 8.30. The SMILES string of the molecule is O=CNc1cccc2c1CCCC2. The maximum atomic E-state index is 10.3. The van der Waals surface area contributed by atoms with Gasteiger partial charge in [-0.3, -0.25) is 4.79 Å². The van der Waals surface area contributed by atoms with Gasteiger partial charge in [-0.2, -0.15) is 0 Å². The number of anilines is 1. The van der Waals surface area contributed by atoms with Gasteiger partial charge < -0.3 is 5.32 Å². The Morgan fingerprint density at radius 3 is 2.92 bits per heavy atom. The van der Waals surface area contributed by atoms with E-state index in [1.807, 2.05) is 12.1 Å². The number of benzene rings is 1. The largest absolute Gasteiger partial charge is 0.328 e. The number of rotatable bonds is 2. The Bertz CT molecular complexity index is 320. The fraction of sp³-hybridized carbons (Fsp3) is 0.364. The maximum Gasteiger partial charge on any atom is 0.211 e. The topological polar surface area (TPSA) is 29.1 Å². The zero-order valence-corrected chi connectivity index (χ0v) is 7.55. The lowest BCUT2D eigenvalue weighted by Gasteiger charge is -2.18. The molecule has 0 aromatic heterocycles. The molecule has 1 aliphatic rings. The molecule has 1 aromatic rings. The molecule has 13 heavy (non-hydrogen) atoms. The van der Waals surface area contributed by atoms with Crippen LogP contribution >= 0.6 is 0 Å². The lowest BCUT2D eigenvalue weighted by Crippen LogP contribution is -2.07. The molecule has 0 radical (unpaired) electrons. The van der Waals surface area contributed by atoms with Gasteiger partial charge in [-0.25, -0.2) is 0 Å². The van der Waals surface area contributed by atoms with Crippen LogP contribution in [0.1, 0.15) is 24.0 Å². The third kappa shape index (κ3) is 1.57. The molecule has 0 fully saturated rings. The van der Waals surface area contributed by atoms with Gasteiger partial charge in [0.1, 0.15) is 0 Å². The van der Waals surface area contributed by atoms with Crippen LogP contribution in [0.3, 0.4) is 0 Å². The van der Waals surface area contributed by atoms with E-state index in [0.717, 1.165) is 24.9 Å². The number of aryl methyl sites for hydroxylation is 1. The summed E-state index contributed by atoms with van der Waals surface area (Å²) in [5.74, 6) is 0. The Labute approximate surface area is 78.0 Å². The second-order valence-electron chi connectivity index (χ2n) is 3.41. The van der Waals surface area contributed by atoms with Gasteiger partial charge in [-0.1, -0.05) is 12.1 Å². The molecule has 1 aromatic carbocycles. The molecule has 1 aliphatic carbocycles. The van der Waals surface area contributed by atoms with Crippen molar-refractivity contribution in [3.8, 4) is 0 Å². The van der Waals surface area contributed by atoms with Crippen molar-refractivity contribution in [3.63, 3.8) is 0 Å². The highest BCUT2D eigenvalue weighted by molar-refractivity contribution is 5.74. The summed E-state index contributed by atoms with van der Waals surface area (Å²) < 4.78 is 0. The molecular weight excluding hydrogens is 162 g/mol. The first-order chi connectivity index (χ1) is 6.42. The van der Waals surface area contributed by atoms with E-state index < -0.39 is 0 Å². The Morgan fingerprint density at radius 1 is 1.23 bits per heavy atom. The summed E-state index contributed by atoms with van der Waals surface area (Å²) in [5, 5.41) is 2.76. The van der Waals surface area contributed by atoms with Gasteiger partial charge >= 0.3 is 0 Å². The minimum atomic E-state index is 0.754. The third-order valence-corrected chi connectivity index (χ3v) is 2.61. The molecule has 2 heteroatoms. The number of amides is 1. The lowest BCUT2D eigenvalue weighted by molar-refractivity contribution is -0.105. The molecule has 0 bridgehead atoms. The maximum absolute atomic E-state index is 10.3. The van der Waals surface area contributed by atoms with Gasteiger partial charge in [0.25, 0.3) is 0 Å². The van der Waals surface area contributed by atoms with Crippen molar-refractivity contribution in [1.82, 2.24) is 0 Å². The minimum absolute atomic E-state index is 0.754. The summed E-state index contributed by atoms with van der Waals surface area (Å²) in [5.41, 5.74) is 3.73. The smallest absolute Gasteiger partial charge is 0.211 e. The summed E-state index contributed by atoms with van der Waals surface area (Å²) in [4.78, 5) is 10.3. The zero-order chi connectivity index (χ0) is 9.10. The van der Waals surface area contributed by atoms with E-state index in [1.165, 1.54) is 24.0 Å². The number of hydrogen-bond donors (Lipinski definition) is 1. The van der Waals surface area contributed by atoms with Crippen molar-refractivity contribution in [1.29, 1.82) is 0 Å². The summed E-state index contributed by atoms with van der Waals surface area (Å²) in [6.45, 7) is 0. The lowest BCUT2D eigenvalue weighted by atomic mass is 9.90. The Hall–Kier alpha value is -1.31. The van der Waals surface area contributed by atoms with Gasteiger partial charge in [0.2, 0.25) is 6.41 Å². The predicted octanol–water partition coefficient (Wildman–Crippen LogP) is 2.13. The normalized spacial score (nSPS) is 14.8. The first-order valence-corrected chi connectivity index (χ1v) is 4.73. The third-order valence-electron chi connectivity index (χ3n) is 2.61. The Morgan fingerprint density at radius 2 is 2.08 bits per heavy atom. The van der Waals surface area contributed by atoms with E-state index in [0.29, 0.717) is 0 Å². The molecule has 0 heterocycles. The molecule has 0 saturated carbocycles. The Kier molecular flexibility index (Phi) is 2.30. The molecule has 1 amide bonds. The second-order valence-corrected chi connectivity index (χ2v) is 3.41. The summed E-state index contributed by atoms with van der Waals surface area (Å²) in [6, 6.07) is 6.14. The predicted molar refractivity (Wildman–Crippen MR) is 52.8 cm³/mol. The number of carbonyl (C=O) groups excluding carboxylic acids is 1. The minimum Gasteiger partial charge on any atom is -0.328 e. The Balaban J connectivity index is 2.39. The number of fused-ring (bicyclic) bond motifs is 1. The van der Waals surface area contributed by atoms with E-state index in [4.69, 9.17) is 0 Å². The fourth-order valence-corrected chi connectivity index (χ4v) is 1.98. The molecule has 2 nitrogen and oxygen atoms in total. The van der Waals surface area contributed by atoms with Gasteiger partial charge in [0, 0.05) is 5.69 Å². The van der Waals surface area contributed by atoms with Gasteiger partial charge in [0.05, 0.1) is 0 Å². The van der Waals surface area contributed by atoms with Crippen LogP contribution in [-0.4, -0.2) is 6.41 Å². The van der Waals surface area contributed by atoms with Crippen LogP contribution in [0.15, 0.2) is 18.2 Å². The average molecular weight is 175 g/mol. The van der Waals surface area contributed by atoms with E-state index in [-0.39, 0.29) is 0 Å². The van der Waals surface area contributed by atoms with Gasteiger partial charge in [-0.15, -0.1) is 0 Å². The number of hydrogen-bond acceptors (Lipinski definition) is 1. The molecule has 68 valence electrons. The first-order valence-electron chi connectivity index (χ1n) is 4.73. The molecule has 0 saturated heterocycles. The van der Waals surface area contributed by atoms with Crippen LogP contribution < -0.4 is 5.32 Å². The van der Waals surface area contributed by atoms with Crippen molar-refractivity contribution < 1.29 is 4.79 Å². The quantitative estimate of drug-likeness (QED) is 0.685. The zero-order valence-electron chi connectivity index (χ0n) is 7.55. The van der Waals surface area contributed by atoms with Gasteiger partial charge in [-0.05, 0) is 42.9 Å². The molecule has 0 unspecified atom stereocenters. The highest BCUT2D eigenvalue weighted by Gasteiger charge is 2.11. The van der Waals surface area contributed by atoms with E-state index in [2.05, 4.69) is 11.4 Å². The summed E-state index contributed by atoms with van der Waals surface area (Å²) >= 11 is 0. The van der Waals surface area contributed by atoms with Crippen molar-refractivity contribution in [2.45, 2.75) is 25.7 Å². The van der Waals surface area contributed by atoms with E-state index >= 15 is 0 Å². The summed E-state index contributed by atoms with van der Waals surface area (Å²) in [7, 11) is 0. The number of carbonyl (C=O) groups is 1. The molecule has 0 aliphatic heterocycles. The van der Waals surface area contributed by atoms with Crippen molar-refractivity contribution in [3.05, 3.63) is 29.3 Å². The van der Waals surface area contributed by atoms with Crippen LogP contribution in [0.2, 0.25) is 0 Å². The molecule has 0 spiro atoms. The van der Waals surface area contributed by atoms with Gasteiger partial charge in [0.15, 0.2) is 0 Å². The van der Waals surface area contributed by atoms with Crippen molar-refractivity contribution in [2.75, 3.05) is 5.32 Å². The highest BCUT2D eigenvalue weighted by atomic mass is 16.1.